The molecule has 0 amide bonds. The number of hydrogen-bond acceptors (Lipinski definition) is 6. The Morgan fingerprint density at radius 1 is 1.33 bits per heavy atom. The van der Waals surface area contributed by atoms with Crippen LogP contribution in [0.2, 0.25) is 0 Å². The second kappa shape index (κ2) is 6.43. The first-order chi connectivity index (χ1) is 10.3. The molecule has 6 heteroatoms. The number of ether oxygens (including phenoxy) is 1. The van der Waals surface area contributed by atoms with Gasteiger partial charge in [0.05, 0.1) is 24.7 Å². The molecule has 0 aliphatic carbocycles. The molecular weight excluding hydrogens is 284 g/mol. The molecule has 1 aliphatic rings. The van der Waals surface area contributed by atoms with Crippen LogP contribution in [0.25, 0.3) is 0 Å². The molecule has 5 nitrogen and oxygen atoms in total. The fourth-order valence-corrected chi connectivity index (χ4v) is 3.21. The summed E-state index contributed by atoms with van der Waals surface area (Å²) in [5, 5.41) is 0. The Labute approximate surface area is 128 Å². The molecule has 2 heterocycles. The lowest BCUT2D eigenvalue weighted by molar-refractivity contribution is 0.109. The van der Waals surface area contributed by atoms with Gasteiger partial charge in [-0.3, -0.25) is 0 Å². The van der Waals surface area contributed by atoms with Gasteiger partial charge in [0, 0.05) is 16.9 Å². The van der Waals surface area contributed by atoms with E-state index in [1.54, 1.807) is 11.8 Å². The van der Waals surface area contributed by atoms with Crippen LogP contribution in [0.15, 0.2) is 29.2 Å². The minimum atomic E-state index is 0.528. The third kappa shape index (κ3) is 3.18. The summed E-state index contributed by atoms with van der Waals surface area (Å²) >= 11 is 1.75. The van der Waals surface area contributed by atoms with Crippen LogP contribution >= 0.6 is 11.8 Å². The number of anilines is 1. The maximum atomic E-state index is 5.57. The molecule has 0 spiro atoms. The molecule has 1 aromatic carbocycles. The lowest BCUT2D eigenvalue weighted by Gasteiger charge is -2.19. The minimum Gasteiger partial charge on any atom is -0.376 e. The van der Waals surface area contributed by atoms with Crippen LogP contribution in [0.1, 0.15) is 22.6 Å². The molecule has 1 aliphatic heterocycles. The zero-order valence-electron chi connectivity index (χ0n) is 11.9. The monoisotopic (exact) mass is 302 g/mol. The highest BCUT2D eigenvalue weighted by atomic mass is 32.2. The van der Waals surface area contributed by atoms with Crippen molar-refractivity contribution in [3.05, 3.63) is 46.9 Å². The molecule has 0 radical (unpaired) electrons. The summed E-state index contributed by atoms with van der Waals surface area (Å²) in [7, 11) is 0. The molecule has 2 aromatic rings. The summed E-state index contributed by atoms with van der Waals surface area (Å²) in [6, 6.07) is 8.33. The Morgan fingerprint density at radius 3 is 3.00 bits per heavy atom. The first-order valence-electron chi connectivity index (χ1n) is 6.89. The highest BCUT2D eigenvalue weighted by Gasteiger charge is 2.17. The number of hydrogen-bond donors (Lipinski definition) is 2. The summed E-state index contributed by atoms with van der Waals surface area (Å²) in [6.07, 6.45) is 0.814. The first-order valence-corrected chi connectivity index (χ1v) is 7.88. The quantitative estimate of drug-likeness (QED) is 0.513. The van der Waals surface area contributed by atoms with Crippen LogP contribution in [0, 0.1) is 6.92 Å². The van der Waals surface area contributed by atoms with Crippen LogP contribution in [0.4, 0.5) is 5.82 Å². The first kappa shape index (κ1) is 14.3. The second-order valence-corrected chi connectivity index (χ2v) is 5.93. The average Bonchev–Trinajstić information content (AvgIpc) is 2.53. The number of nitrogens with two attached hydrogens (primary N) is 1. The number of hydrazine groups is 1. The van der Waals surface area contributed by atoms with Crippen molar-refractivity contribution in [3.63, 3.8) is 0 Å². The molecule has 0 saturated carbocycles. The van der Waals surface area contributed by atoms with E-state index in [2.05, 4.69) is 34.5 Å². The van der Waals surface area contributed by atoms with Gasteiger partial charge in [-0.25, -0.2) is 15.8 Å². The van der Waals surface area contributed by atoms with Gasteiger partial charge < -0.3 is 10.2 Å². The molecular formula is C15H18N4OS. The number of benzene rings is 1. The van der Waals surface area contributed by atoms with Crippen molar-refractivity contribution in [1.82, 2.24) is 9.97 Å². The molecule has 0 bridgehead atoms. The van der Waals surface area contributed by atoms with E-state index in [0.717, 1.165) is 29.3 Å². The molecule has 21 heavy (non-hydrogen) atoms. The number of nitrogens with zero attached hydrogens (tertiary/aromatic N) is 2. The molecule has 3 rings (SSSR count). The number of nitrogens with one attached hydrogen (secondary N) is 1. The number of aromatic nitrogens is 2. The number of nitrogen functional groups attached to an aromatic ring is 1. The third-order valence-electron chi connectivity index (χ3n) is 3.46. The largest absolute Gasteiger partial charge is 0.376 e. The van der Waals surface area contributed by atoms with Crippen LogP contribution in [-0.2, 0) is 23.5 Å². The number of aryl methyl sites for hydroxylation is 1. The van der Waals surface area contributed by atoms with Gasteiger partial charge >= 0.3 is 0 Å². The molecule has 0 atom stereocenters. The number of fused-ring (bicyclic) bond motifs is 1. The van der Waals surface area contributed by atoms with Crippen molar-refractivity contribution in [2.75, 3.05) is 12.0 Å². The van der Waals surface area contributed by atoms with Crippen molar-refractivity contribution >= 4 is 17.6 Å². The van der Waals surface area contributed by atoms with E-state index < -0.39 is 0 Å². The van der Waals surface area contributed by atoms with Gasteiger partial charge in [-0.1, -0.05) is 18.2 Å². The standard InChI is InChI=1S/C15H18N4OS/c1-10-4-2-3-5-13(10)21-9-14-17-12-6-7-20-8-11(12)15(18-14)19-16/h2-5H,6-9,16H2,1H3,(H,17,18,19). The summed E-state index contributed by atoms with van der Waals surface area (Å²) < 4.78 is 5.44. The van der Waals surface area contributed by atoms with E-state index >= 15 is 0 Å². The summed E-state index contributed by atoms with van der Waals surface area (Å²) in [5.74, 6) is 7.78. The topological polar surface area (TPSA) is 73.1 Å². The lowest BCUT2D eigenvalue weighted by Crippen LogP contribution is -2.20. The fraction of sp³-hybridized carbons (Fsp3) is 0.333. The van der Waals surface area contributed by atoms with E-state index in [0.29, 0.717) is 19.0 Å². The molecule has 1 aromatic heterocycles. The maximum absolute atomic E-state index is 5.57. The Hall–Kier alpha value is -1.63. The Balaban J connectivity index is 1.81. The van der Waals surface area contributed by atoms with Gasteiger partial charge in [0.1, 0.15) is 11.6 Å². The molecule has 0 unspecified atom stereocenters. The van der Waals surface area contributed by atoms with Crippen LogP contribution in [0.5, 0.6) is 0 Å². The number of thioether (sulfide) groups is 1. The molecule has 0 fully saturated rings. The smallest absolute Gasteiger partial charge is 0.149 e. The van der Waals surface area contributed by atoms with E-state index in [1.165, 1.54) is 10.5 Å². The molecule has 3 N–H and O–H groups in total. The van der Waals surface area contributed by atoms with Gasteiger partial charge in [-0.2, -0.15) is 0 Å². The second-order valence-electron chi connectivity index (χ2n) is 4.91. The van der Waals surface area contributed by atoms with Crippen molar-refractivity contribution in [2.24, 2.45) is 5.84 Å². The van der Waals surface area contributed by atoms with Crippen molar-refractivity contribution in [3.8, 4) is 0 Å². The van der Waals surface area contributed by atoms with Gasteiger partial charge in [-0.05, 0) is 18.6 Å². The van der Waals surface area contributed by atoms with Gasteiger partial charge in [0.2, 0.25) is 0 Å². The minimum absolute atomic E-state index is 0.528. The SMILES string of the molecule is Cc1ccccc1SCc1nc2c(c(NN)n1)COCC2. The van der Waals surface area contributed by atoms with E-state index in [1.807, 2.05) is 12.1 Å². The zero-order chi connectivity index (χ0) is 14.7. The van der Waals surface area contributed by atoms with Crippen LogP contribution < -0.4 is 11.3 Å². The predicted octanol–water partition coefficient (Wildman–Crippen LogP) is 2.44. The fourth-order valence-electron chi connectivity index (χ4n) is 2.33. The third-order valence-corrected chi connectivity index (χ3v) is 4.63. The highest BCUT2D eigenvalue weighted by molar-refractivity contribution is 7.98. The highest BCUT2D eigenvalue weighted by Crippen LogP contribution is 2.27. The maximum Gasteiger partial charge on any atom is 0.149 e. The molecule has 0 saturated heterocycles. The zero-order valence-corrected chi connectivity index (χ0v) is 12.7. The van der Waals surface area contributed by atoms with Gasteiger partial charge in [0.25, 0.3) is 0 Å². The Morgan fingerprint density at radius 2 is 2.19 bits per heavy atom. The van der Waals surface area contributed by atoms with E-state index in [9.17, 15) is 0 Å². The van der Waals surface area contributed by atoms with E-state index in [-0.39, 0.29) is 0 Å². The predicted molar refractivity (Wildman–Crippen MR) is 83.9 cm³/mol. The summed E-state index contributed by atoms with van der Waals surface area (Å²) in [5.41, 5.74) is 5.96. The van der Waals surface area contributed by atoms with Crippen LogP contribution in [-0.4, -0.2) is 16.6 Å². The Bertz CT molecular complexity index is 630. The van der Waals surface area contributed by atoms with E-state index in [4.69, 9.17) is 10.6 Å². The van der Waals surface area contributed by atoms with Gasteiger partial charge in [-0.15, -0.1) is 11.8 Å². The Kier molecular flexibility index (Phi) is 4.38. The summed E-state index contributed by atoms with van der Waals surface area (Å²) in [4.78, 5) is 10.4. The van der Waals surface area contributed by atoms with Crippen molar-refractivity contribution in [1.29, 1.82) is 0 Å². The van der Waals surface area contributed by atoms with Crippen molar-refractivity contribution in [2.45, 2.75) is 30.6 Å². The summed E-state index contributed by atoms with van der Waals surface area (Å²) in [6.45, 7) is 3.35. The lowest BCUT2D eigenvalue weighted by atomic mass is 10.1. The average molecular weight is 302 g/mol. The van der Waals surface area contributed by atoms with Gasteiger partial charge in [0.15, 0.2) is 0 Å². The van der Waals surface area contributed by atoms with Crippen LogP contribution in [0.3, 0.4) is 0 Å². The molecule has 110 valence electrons. The normalized spacial score (nSPS) is 13.8. The van der Waals surface area contributed by atoms with Crippen molar-refractivity contribution < 1.29 is 4.74 Å². The number of rotatable bonds is 4.